The second kappa shape index (κ2) is 6.44. The number of thiocarbonyl (C=S) groups is 1. The van der Waals surface area contributed by atoms with Gasteiger partial charge in [-0.15, -0.1) is 0 Å². The summed E-state index contributed by atoms with van der Waals surface area (Å²) in [4.78, 5) is 13.0. The molecule has 98 valence electrons. The zero-order valence-electron chi connectivity index (χ0n) is 10.9. The summed E-state index contributed by atoms with van der Waals surface area (Å²) in [6.45, 7) is 1.91. The van der Waals surface area contributed by atoms with Gasteiger partial charge in [-0.3, -0.25) is 10.1 Å². The van der Waals surface area contributed by atoms with Gasteiger partial charge < -0.3 is 4.90 Å². The number of hydrogen-bond acceptors (Lipinski definition) is 3. The van der Waals surface area contributed by atoms with Gasteiger partial charge in [0.1, 0.15) is 0 Å². The first-order valence-corrected chi connectivity index (χ1v) is 6.19. The van der Waals surface area contributed by atoms with E-state index in [4.69, 9.17) is 12.2 Å². The van der Waals surface area contributed by atoms with E-state index in [9.17, 15) is 10.1 Å². The summed E-state index contributed by atoms with van der Waals surface area (Å²) in [6.07, 6.45) is 0.534. The lowest BCUT2D eigenvalue weighted by molar-refractivity contribution is -0.483. The van der Waals surface area contributed by atoms with E-state index in [1.807, 2.05) is 50.2 Å². The molecular formula is C13H18N2O2S. The van der Waals surface area contributed by atoms with Gasteiger partial charge in [0.2, 0.25) is 6.54 Å². The first kappa shape index (κ1) is 14.6. The highest BCUT2D eigenvalue weighted by Gasteiger charge is 2.20. The lowest BCUT2D eigenvalue weighted by atomic mass is 9.95. The van der Waals surface area contributed by atoms with E-state index < -0.39 is 0 Å². The van der Waals surface area contributed by atoms with Crippen LogP contribution in [-0.2, 0) is 0 Å². The number of nitro groups is 1. The van der Waals surface area contributed by atoms with Gasteiger partial charge in [-0.25, -0.2) is 0 Å². The Bertz CT molecular complexity index is 429. The maximum Gasteiger partial charge on any atom is 0.211 e. The quantitative estimate of drug-likeness (QED) is 0.467. The standard InChI is InChI=1S/C13H18N2O2S/c1-10-4-6-11(7-5-10)12(9-15(16)17)8-13(18)14(2)3/h4-7,12H,8-9H2,1-3H3/t12-/m0/s1. The van der Waals surface area contributed by atoms with Gasteiger partial charge in [-0.05, 0) is 12.5 Å². The van der Waals surface area contributed by atoms with Crippen molar-refractivity contribution in [3.05, 3.63) is 45.5 Å². The van der Waals surface area contributed by atoms with Crippen molar-refractivity contribution in [1.82, 2.24) is 4.90 Å². The summed E-state index contributed by atoms with van der Waals surface area (Å²) in [5.74, 6) is -0.157. The van der Waals surface area contributed by atoms with E-state index >= 15 is 0 Å². The van der Waals surface area contributed by atoms with Crippen LogP contribution in [0.1, 0.15) is 23.5 Å². The Morgan fingerprint density at radius 2 is 1.94 bits per heavy atom. The van der Waals surface area contributed by atoms with Crippen LogP contribution in [0.5, 0.6) is 0 Å². The molecule has 18 heavy (non-hydrogen) atoms. The third-order valence-corrected chi connectivity index (χ3v) is 3.37. The van der Waals surface area contributed by atoms with Gasteiger partial charge >= 0.3 is 0 Å². The van der Waals surface area contributed by atoms with Crippen LogP contribution in [0, 0.1) is 17.0 Å². The third-order valence-electron chi connectivity index (χ3n) is 2.84. The van der Waals surface area contributed by atoms with Crippen LogP contribution in [0.4, 0.5) is 0 Å². The summed E-state index contributed by atoms with van der Waals surface area (Å²) in [5, 5.41) is 10.7. The van der Waals surface area contributed by atoms with Gasteiger partial charge in [-0.1, -0.05) is 42.0 Å². The van der Waals surface area contributed by atoms with Crippen molar-refractivity contribution in [3.8, 4) is 0 Å². The highest BCUT2D eigenvalue weighted by molar-refractivity contribution is 7.80. The largest absolute Gasteiger partial charge is 0.372 e. The predicted octanol–water partition coefficient (Wildman–Crippen LogP) is 2.63. The fraction of sp³-hybridized carbons (Fsp3) is 0.462. The molecule has 0 aliphatic heterocycles. The number of hydrogen-bond donors (Lipinski definition) is 0. The van der Waals surface area contributed by atoms with Gasteiger partial charge in [-0.2, -0.15) is 0 Å². The van der Waals surface area contributed by atoms with E-state index in [2.05, 4.69) is 0 Å². The van der Waals surface area contributed by atoms with Gasteiger partial charge in [0.15, 0.2) is 0 Å². The zero-order chi connectivity index (χ0) is 13.7. The van der Waals surface area contributed by atoms with E-state index in [1.165, 1.54) is 0 Å². The molecule has 4 nitrogen and oxygen atoms in total. The highest BCUT2D eigenvalue weighted by Crippen LogP contribution is 2.21. The normalized spacial score (nSPS) is 11.9. The van der Waals surface area contributed by atoms with Gasteiger partial charge in [0, 0.05) is 25.4 Å². The topological polar surface area (TPSA) is 46.4 Å². The monoisotopic (exact) mass is 266 g/mol. The average Bonchev–Trinajstić information content (AvgIpc) is 2.28. The predicted molar refractivity (Wildman–Crippen MR) is 76.7 cm³/mol. The molecule has 5 heteroatoms. The highest BCUT2D eigenvalue weighted by atomic mass is 32.1. The van der Waals surface area contributed by atoms with Crippen molar-refractivity contribution >= 4 is 17.2 Å². The summed E-state index contributed by atoms with van der Waals surface area (Å²) < 4.78 is 0. The smallest absolute Gasteiger partial charge is 0.211 e. The molecule has 0 saturated carbocycles. The van der Waals surface area contributed by atoms with E-state index in [0.29, 0.717) is 6.42 Å². The fourth-order valence-electron chi connectivity index (χ4n) is 1.70. The molecule has 0 fully saturated rings. The van der Waals surface area contributed by atoms with Crippen molar-refractivity contribution in [2.45, 2.75) is 19.3 Å². The lowest BCUT2D eigenvalue weighted by Gasteiger charge is -2.19. The summed E-state index contributed by atoms with van der Waals surface area (Å²) in [5.41, 5.74) is 2.12. The summed E-state index contributed by atoms with van der Waals surface area (Å²) in [6, 6.07) is 7.84. The Hall–Kier alpha value is -1.49. The molecular weight excluding hydrogens is 248 g/mol. The SMILES string of the molecule is Cc1ccc([C@@H](CC(=S)N(C)C)C[N+](=O)[O-])cc1. The molecule has 0 heterocycles. The molecule has 0 radical (unpaired) electrons. The molecule has 1 atom stereocenters. The van der Waals surface area contributed by atoms with Crippen molar-refractivity contribution in [2.75, 3.05) is 20.6 Å². The molecule has 0 saturated heterocycles. The minimum Gasteiger partial charge on any atom is -0.372 e. The second-order valence-electron chi connectivity index (χ2n) is 4.62. The van der Waals surface area contributed by atoms with Crippen LogP contribution in [0.25, 0.3) is 0 Å². The summed E-state index contributed by atoms with van der Waals surface area (Å²) >= 11 is 5.24. The molecule has 1 aromatic carbocycles. The Kier molecular flexibility index (Phi) is 5.22. The molecule has 0 aromatic heterocycles. The van der Waals surface area contributed by atoms with Gasteiger partial charge in [0.25, 0.3) is 0 Å². The zero-order valence-corrected chi connectivity index (χ0v) is 11.7. The second-order valence-corrected chi connectivity index (χ2v) is 5.09. The van der Waals surface area contributed by atoms with Crippen LogP contribution in [0.3, 0.4) is 0 Å². The Labute approximate surface area is 113 Å². The molecule has 0 amide bonds. The number of nitrogens with zero attached hydrogens (tertiary/aromatic N) is 2. The van der Waals surface area contributed by atoms with Crippen LogP contribution in [0.2, 0.25) is 0 Å². The number of aryl methyl sites for hydroxylation is 1. The molecule has 0 N–H and O–H groups in total. The van der Waals surface area contributed by atoms with Gasteiger partial charge in [0.05, 0.1) is 10.9 Å². The lowest BCUT2D eigenvalue weighted by Crippen LogP contribution is -2.24. The Morgan fingerprint density at radius 3 is 2.39 bits per heavy atom. The molecule has 0 spiro atoms. The Balaban J connectivity index is 2.87. The van der Waals surface area contributed by atoms with E-state index in [0.717, 1.165) is 16.1 Å². The average molecular weight is 266 g/mol. The molecule has 1 aromatic rings. The van der Waals surface area contributed by atoms with Crippen LogP contribution in [-0.4, -0.2) is 35.5 Å². The first-order valence-electron chi connectivity index (χ1n) is 5.78. The fourth-order valence-corrected chi connectivity index (χ4v) is 1.90. The van der Waals surface area contributed by atoms with E-state index in [-0.39, 0.29) is 17.4 Å². The van der Waals surface area contributed by atoms with Crippen LogP contribution < -0.4 is 0 Å². The van der Waals surface area contributed by atoms with Crippen molar-refractivity contribution in [3.63, 3.8) is 0 Å². The maximum atomic E-state index is 10.7. The third kappa shape index (κ3) is 4.41. The minimum absolute atomic E-state index is 0.0863. The minimum atomic E-state index is -0.275. The van der Waals surface area contributed by atoms with Crippen LogP contribution >= 0.6 is 12.2 Å². The molecule has 0 bridgehead atoms. The maximum absolute atomic E-state index is 10.7. The summed E-state index contributed by atoms with van der Waals surface area (Å²) in [7, 11) is 3.72. The molecule has 0 aliphatic rings. The molecule has 0 unspecified atom stereocenters. The van der Waals surface area contributed by atoms with Crippen molar-refractivity contribution in [1.29, 1.82) is 0 Å². The Morgan fingerprint density at radius 1 is 1.39 bits per heavy atom. The number of benzene rings is 1. The van der Waals surface area contributed by atoms with E-state index in [1.54, 1.807) is 0 Å². The molecule has 0 aliphatic carbocycles. The molecule has 1 rings (SSSR count). The first-order chi connectivity index (χ1) is 8.40. The van der Waals surface area contributed by atoms with Crippen molar-refractivity contribution < 1.29 is 4.92 Å². The van der Waals surface area contributed by atoms with Crippen molar-refractivity contribution in [2.24, 2.45) is 0 Å². The number of rotatable bonds is 5. The van der Waals surface area contributed by atoms with Crippen LogP contribution in [0.15, 0.2) is 24.3 Å².